The Hall–Kier alpha value is -3.03. The predicted molar refractivity (Wildman–Crippen MR) is 160 cm³/mol. The quantitative estimate of drug-likeness (QED) is 0.303. The summed E-state index contributed by atoms with van der Waals surface area (Å²) < 4.78 is 0. The Kier molecular flexibility index (Phi) is 6.22. The van der Waals surface area contributed by atoms with Gasteiger partial charge in [0.25, 0.3) is 0 Å². The van der Waals surface area contributed by atoms with Gasteiger partial charge in [-0.2, -0.15) is 10.1 Å². The van der Waals surface area contributed by atoms with Crippen LogP contribution in [0.3, 0.4) is 0 Å². The number of ketones is 1. The number of hydroxylamine groups is 4. The number of phenolic OH excluding ortho intramolecular Hbond substituents is 1. The van der Waals surface area contributed by atoms with E-state index in [1.165, 1.54) is 10.1 Å². The lowest BCUT2D eigenvalue weighted by molar-refractivity contribution is -0.223. The molecule has 1 aliphatic heterocycles. The van der Waals surface area contributed by atoms with E-state index in [1.807, 2.05) is 97.0 Å². The second-order valence-corrected chi connectivity index (χ2v) is 14.5. The summed E-state index contributed by atoms with van der Waals surface area (Å²) in [4.78, 5) is 13.8. The maximum Gasteiger partial charge on any atom is 0.190 e. The number of phenols is 1. The third-order valence-corrected chi connectivity index (χ3v) is 9.29. The molecule has 6 heteroatoms. The lowest BCUT2D eigenvalue weighted by Gasteiger charge is -2.37. The highest BCUT2D eigenvalue weighted by molar-refractivity contribution is 6.24. The Bertz CT molecular complexity index is 1550. The van der Waals surface area contributed by atoms with Gasteiger partial charge in [0.05, 0.1) is 11.1 Å². The molecule has 1 aliphatic carbocycles. The van der Waals surface area contributed by atoms with E-state index in [1.54, 1.807) is 0 Å². The van der Waals surface area contributed by atoms with Crippen LogP contribution in [0.4, 0.5) is 0 Å². The summed E-state index contributed by atoms with van der Waals surface area (Å²) in [6.07, 6.45) is 1.27. The molecule has 1 fully saturated rings. The normalized spacial score (nSPS) is 19.9. The molecule has 0 saturated carbocycles. The Morgan fingerprint density at radius 3 is 1.82 bits per heavy atom. The van der Waals surface area contributed by atoms with Crippen LogP contribution in [0.1, 0.15) is 102 Å². The van der Waals surface area contributed by atoms with Crippen molar-refractivity contribution in [3.05, 3.63) is 70.3 Å². The van der Waals surface area contributed by atoms with E-state index >= 15 is 0 Å². The summed E-state index contributed by atoms with van der Waals surface area (Å²) in [5.74, 6) is 0.183. The lowest BCUT2D eigenvalue weighted by atomic mass is 9.74. The third-order valence-electron chi connectivity index (χ3n) is 9.29. The van der Waals surface area contributed by atoms with Gasteiger partial charge in [-0.3, -0.25) is 4.79 Å². The van der Waals surface area contributed by atoms with Gasteiger partial charge < -0.3 is 15.5 Å². The molecule has 0 aromatic heterocycles. The van der Waals surface area contributed by atoms with Gasteiger partial charge in [-0.25, -0.2) is 0 Å². The summed E-state index contributed by atoms with van der Waals surface area (Å²) in [5, 5.41) is 37.3. The van der Waals surface area contributed by atoms with Gasteiger partial charge >= 0.3 is 0 Å². The van der Waals surface area contributed by atoms with Crippen molar-refractivity contribution in [2.45, 2.75) is 91.9 Å². The average molecular weight is 543 g/mol. The van der Waals surface area contributed by atoms with Gasteiger partial charge in [0, 0.05) is 27.5 Å². The molecule has 0 atom stereocenters. The fourth-order valence-corrected chi connectivity index (χ4v) is 5.94. The maximum absolute atomic E-state index is 13.8. The first-order valence-electron chi connectivity index (χ1n) is 14.0. The lowest BCUT2D eigenvalue weighted by Crippen LogP contribution is -2.52. The number of carbonyl (C=O) groups is 1. The van der Waals surface area contributed by atoms with Crippen LogP contribution < -0.4 is 0 Å². The van der Waals surface area contributed by atoms with Crippen molar-refractivity contribution in [1.82, 2.24) is 10.1 Å². The molecular formula is C34H42N2O4. The Labute approximate surface area is 237 Å². The van der Waals surface area contributed by atoms with Crippen molar-refractivity contribution in [3.8, 4) is 16.9 Å². The summed E-state index contributed by atoms with van der Waals surface area (Å²) in [5.41, 5.74) is 3.55. The second-order valence-electron chi connectivity index (χ2n) is 14.5. The van der Waals surface area contributed by atoms with Gasteiger partial charge in [-0.1, -0.05) is 65.8 Å². The smallest absolute Gasteiger partial charge is 0.190 e. The monoisotopic (exact) mass is 542 g/mol. The van der Waals surface area contributed by atoms with Gasteiger partial charge in [-0.05, 0) is 85.1 Å². The van der Waals surface area contributed by atoms with E-state index in [4.69, 9.17) is 0 Å². The highest BCUT2D eigenvalue weighted by atomic mass is 16.6. The largest absolute Gasteiger partial charge is 0.507 e. The number of rotatable bonds is 2. The van der Waals surface area contributed by atoms with Gasteiger partial charge in [-0.15, -0.1) is 0 Å². The Morgan fingerprint density at radius 2 is 1.32 bits per heavy atom. The molecule has 6 nitrogen and oxygen atoms in total. The first-order chi connectivity index (χ1) is 18.3. The highest BCUT2D eigenvalue weighted by Gasteiger charge is 2.58. The minimum atomic E-state index is -0.723. The Balaban J connectivity index is 1.67. The van der Waals surface area contributed by atoms with Crippen molar-refractivity contribution >= 4 is 22.6 Å². The number of hydrogen-bond donors (Lipinski definition) is 3. The molecule has 3 aromatic carbocycles. The van der Waals surface area contributed by atoms with E-state index in [0.29, 0.717) is 10.9 Å². The topological polar surface area (TPSA) is 84.2 Å². The highest BCUT2D eigenvalue weighted by Crippen LogP contribution is 2.49. The molecule has 3 N–H and O–H groups in total. The van der Waals surface area contributed by atoms with Crippen molar-refractivity contribution in [2.75, 3.05) is 0 Å². The van der Waals surface area contributed by atoms with Crippen molar-refractivity contribution in [3.63, 3.8) is 0 Å². The van der Waals surface area contributed by atoms with Crippen LogP contribution in [0.2, 0.25) is 0 Å². The van der Waals surface area contributed by atoms with Crippen LogP contribution in [-0.4, -0.2) is 42.5 Å². The summed E-state index contributed by atoms with van der Waals surface area (Å²) >= 11 is 0. The number of hydrogen-bond acceptors (Lipinski definition) is 6. The summed E-state index contributed by atoms with van der Waals surface area (Å²) in [6.45, 7) is 20.0. The number of Topliss-reactive ketones (excluding diaryl/α,β-unsaturated/α-hetero) is 1. The molecule has 2 aliphatic rings. The standard InChI is InChI=1S/C34H42N2O4/c1-31(2,3)25-17-22-18-26(32(4,5)6)29(38)24-16-21(15-23(27(22)24)28(25)37)19-11-13-20(14-12-19)30-35(39)33(7,8)34(9,10)36(30)40/h11-18,30,37,39-40H,1-10H3. The van der Waals surface area contributed by atoms with Crippen LogP contribution in [0.25, 0.3) is 28.0 Å². The molecule has 0 amide bonds. The van der Waals surface area contributed by atoms with Crippen LogP contribution in [0.15, 0.2) is 48.0 Å². The van der Waals surface area contributed by atoms with Crippen LogP contribution >= 0.6 is 0 Å². The van der Waals surface area contributed by atoms with Gasteiger partial charge in [0.15, 0.2) is 5.78 Å². The number of nitrogens with zero attached hydrogens (tertiary/aromatic N) is 2. The first kappa shape index (κ1) is 28.5. The Morgan fingerprint density at radius 1 is 0.775 bits per heavy atom. The van der Waals surface area contributed by atoms with E-state index in [9.17, 15) is 20.3 Å². The summed E-state index contributed by atoms with van der Waals surface area (Å²) in [6, 6.07) is 13.6. The predicted octanol–water partition coefficient (Wildman–Crippen LogP) is 8.09. The molecule has 40 heavy (non-hydrogen) atoms. The zero-order valence-electron chi connectivity index (χ0n) is 25.3. The second kappa shape index (κ2) is 8.73. The fraction of sp³-hybridized carbons (Fsp3) is 0.441. The molecule has 0 spiro atoms. The van der Waals surface area contributed by atoms with Gasteiger partial charge in [0.1, 0.15) is 11.9 Å². The zero-order chi connectivity index (χ0) is 29.7. The van der Waals surface area contributed by atoms with Crippen molar-refractivity contribution in [1.29, 1.82) is 0 Å². The third kappa shape index (κ3) is 4.04. The van der Waals surface area contributed by atoms with E-state index < -0.39 is 17.2 Å². The van der Waals surface area contributed by atoms with Crippen molar-refractivity contribution in [2.24, 2.45) is 5.41 Å². The molecule has 1 saturated heterocycles. The SMILES string of the molecule is CC(C)(C)C1=Cc2cc(C(C)(C)C)c(O)c3cc(-c4ccc(C5N(O)C(C)(C)C(C)(C)N5O)cc4)cc(c23)C1=O. The zero-order valence-corrected chi connectivity index (χ0v) is 25.3. The number of carbonyl (C=O) groups excluding carboxylic acids is 1. The van der Waals surface area contributed by atoms with Crippen LogP contribution in [0.5, 0.6) is 5.75 Å². The van der Waals surface area contributed by atoms with Crippen molar-refractivity contribution < 1.29 is 20.3 Å². The number of aromatic hydroxyl groups is 1. The fourth-order valence-electron chi connectivity index (χ4n) is 5.94. The number of benzene rings is 3. The first-order valence-corrected chi connectivity index (χ1v) is 14.0. The molecular weight excluding hydrogens is 500 g/mol. The molecule has 0 radical (unpaired) electrons. The molecule has 1 heterocycles. The molecule has 5 rings (SSSR count). The van der Waals surface area contributed by atoms with Gasteiger partial charge in [0.2, 0.25) is 0 Å². The average Bonchev–Trinajstić information content (AvgIpc) is 2.97. The van der Waals surface area contributed by atoms with E-state index in [-0.39, 0.29) is 22.4 Å². The molecule has 0 unspecified atom stereocenters. The van der Waals surface area contributed by atoms with Crippen LogP contribution in [0, 0.1) is 5.41 Å². The molecule has 3 aromatic rings. The summed E-state index contributed by atoms with van der Waals surface area (Å²) in [7, 11) is 0. The minimum Gasteiger partial charge on any atom is -0.507 e. The molecule has 212 valence electrons. The van der Waals surface area contributed by atoms with Crippen LogP contribution in [-0.2, 0) is 5.41 Å². The molecule has 0 bridgehead atoms. The maximum atomic E-state index is 13.8. The number of allylic oxidation sites excluding steroid dienone is 1. The van der Waals surface area contributed by atoms with E-state index in [0.717, 1.165) is 38.8 Å². The van der Waals surface area contributed by atoms with E-state index in [2.05, 4.69) is 20.8 Å². The minimum absolute atomic E-state index is 0.0198.